The summed E-state index contributed by atoms with van der Waals surface area (Å²) in [4.78, 5) is 38.8. The molecule has 0 aliphatic carbocycles. The summed E-state index contributed by atoms with van der Waals surface area (Å²) >= 11 is 1.52. The van der Waals surface area contributed by atoms with E-state index in [-0.39, 0.29) is 18.6 Å². The number of thiophene rings is 1. The zero-order chi connectivity index (χ0) is 20.5. The maximum absolute atomic E-state index is 12.5. The van der Waals surface area contributed by atoms with E-state index in [4.69, 9.17) is 4.74 Å². The highest BCUT2D eigenvalue weighted by molar-refractivity contribution is 7.09. The summed E-state index contributed by atoms with van der Waals surface area (Å²) in [6, 6.07) is 13.6. The van der Waals surface area contributed by atoms with Crippen molar-refractivity contribution in [3.8, 4) is 0 Å². The molecule has 1 aliphatic rings. The molecule has 1 saturated heterocycles. The average Bonchev–Trinajstić information content (AvgIpc) is 3.29. The van der Waals surface area contributed by atoms with Crippen molar-refractivity contribution in [1.29, 1.82) is 0 Å². The van der Waals surface area contributed by atoms with Crippen molar-refractivity contribution in [3.63, 3.8) is 0 Å². The maximum Gasteiger partial charge on any atom is 0.309 e. The molecule has 1 atom stereocenters. The molecule has 2 aromatic rings. The first-order valence-electron chi connectivity index (χ1n) is 9.66. The number of rotatable bonds is 7. The molecule has 29 heavy (non-hydrogen) atoms. The van der Waals surface area contributed by atoms with E-state index in [1.807, 2.05) is 47.8 Å². The lowest BCUT2D eigenvalue weighted by Gasteiger charge is -2.33. The van der Waals surface area contributed by atoms with Gasteiger partial charge in [0.1, 0.15) is 6.10 Å². The third kappa shape index (κ3) is 6.40. The van der Waals surface area contributed by atoms with Crippen molar-refractivity contribution >= 4 is 29.1 Å². The molecule has 0 spiro atoms. The zero-order valence-corrected chi connectivity index (χ0v) is 17.0. The normalized spacial score (nSPS) is 16.3. The number of morpholine rings is 1. The summed E-state index contributed by atoms with van der Waals surface area (Å²) in [6.07, 6.45) is 0.690. The van der Waals surface area contributed by atoms with Crippen molar-refractivity contribution in [2.24, 2.45) is 0 Å². The quantitative estimate of drug-likeness (QED) is 0.534. The van der Waals surface area contributed by atoms with Gasteiger partial charge in [-0.3, -0.25) is 14.4 Å². The van der Waals surface area contributed by atoms with E-state index in [1.54, 1.807) is 4.90 Å². The second-order valence-corrected chi connectivity index (χ2v) is 7.76. The van der Waals surface area contributed by atoms with Gasteiger partial charge in [0.2, 0.25) is 5.91 Å². The van der Waals surface area contributed by atoms with Crippen LogP contribution in [0, 0.1) is 0 Å². The highest BCUT2D eigenvalue weighted by Gasteiger charge is 2.25. The van der Waals surface area contributed by atoms with Crippen molar-refractivity contribution in [3.05, 3.63) is 58.3 Å². The predicted molar refractivity (Wildman–Crippen MR) is 110 cm³/mol. The summed E-state index contributed by atoms with van der Waals surface area (Å²) in [5.74, 6) is -1.31. The molecule has 1 unspecified atom stereocenters. The molecular weight excluding hydrogens is 390 g/mol. The fourth-order valence-corrected chi connectivity index (χ4v) is 3.73. The Labute approximate surface area is 174 Å². The molecule has 1 aliphatic heterocycles. The third-order valence-corrected chi connectivity index (χ3v) is 5.53. The Balaban J connectivity index is 1.34. The van der Waals surface area contributed by atoms with Crippen LogP contribution in [0.25, 0.3) is 0 Å². The lowest BCUT2D eigenvalue weighted by Crippen LogP contribution is -2.43. The molecule has 2 heterocycles. The highest BCUT2D eigenvalue weighted by atomic mass is 32.1. The number of hydrogen-bond donors (Lipinski definition) is 2. The first kappa shape index (κ1) is 21.0. The van der Waals surface area contributed by atoms with Crippen LogP contribution in [0.3, 0.4) is 0 Å². The standard InChI is InChI=1S/C21H25N3O4S/c25-19(24-11-12-28-18(15-24)16-6-2-1-3-7-16)9-4-10-22-20(26)21(27)23-14-17-8-5-13-29-17/h1-3,5-8,13,18H,4,9-12,14-15H2,(H,22,26)(H,23,27). The van der Waals surface area contributed by atoms with Gasteiger partial charge in [-0.25, -0.2) is 0 Å². The number of amides is 3. The molecule has 1 fully saturated rings. The van der Waals surface area contributed by atoms with Crippen LogP contribution in [0.1, 0.15) is 29.4 Å². The van der Waals surface area contributed by atoms with E-state index in [2.05, 4.69) is 10.6 Å². The molecule has 0 radical (unpaired) electrons. The Morgan fingerprint density at radius 3 is 2.62 bits per heavy atom. The van der Waals surface area contributed by atoms with Gasteiger partial charge < -0.3 is 20.3 Å². The molecular formula is C21H25N3O4S. The Morgan fingerprint density at radius 2 is 1.86 bits per heavy atom. The van der Waals surface area contributed by atoms with Gasteiger partial charge in [-0.2, -0.15) is 0 Å². The summed E-state index contributed by atoms with van der Waals surface area (Å²) in [5, 5.41) is 7.05. The Morgan fingerprint density at radius 1 is 1.07 bits per heavy atom. The molecule has 154 valence electrons. The average molecular weight is 416 g/mol. The molecule has 2 N–H and O–H groups in total. The van der Waals surface area contributed by atoms with E-state index in [0.29, 0.717) is 39.1 Å². The number of nitrogens with one attached hydrogen (secondary N) is 2. The van der Waals surface area contributed by atoms with Gasteiger partial charge >= 0.3 is 11.8 Å². The molecule has 8 heteroatoms. The second-order valence-electron chi connectivity index (χ2n) is 6.73. The van der Waals surface area contributed by atoms with Gasteiger partial charge in [0.25, 0.3) is 0 Å². The Kier molecular flexibility index (Phi) is 7.77. The van der Waals surface area contributed by atoms with Crippen LogP contribution >= 0.6 is 11.3 Å². The number of ether oxygens (including phenoxy) is 1. The monoisotopic (exact) mass is 415 g/mol. The predicted octanol–water partition coefficient (Wildman–Crippen LogP) is 1.86. The molecule has 7 nitrogen and oxygen atoms in total. The fourth-order valence-electron chi connectivity index (χ4n) is 3.09. The topological polar surface area (TPSA) is 87.7 Å². The minimum absolute atomic E-state index is 0.0330. The lowest BCUT2D eigenvalue weighted by atomic mass is 10.1. The van der Waals surface area contributed by atoms with Crippen molar-refractivity contribution in [2.75, 3.05) is 26.2 Å². The van der Waals surface area contributed by atoms with Crippen LogP contribution in [-0.4, -0.2) is 48.9 Å². The summed E-state index contributed by atoms with van der Waals surface area (Å²) in [7, 11) is 0. The molecule has 0 saturated carbocycles. The maximum atomic E-state index is 12.5. The summed E-state index contributed by atoms with van der Waals surface area (Å²) < 4.78 is 5.78. The van der Waals surface area contributed by atoms with Crippen LogP contribution in [0.15, 0.2) is 47.8 Å². The second kappa shape index (κ2) is 10.7. The lowest BCUT2D eigenvalue weighted by molar-refractivity contribution is -0.140. The fraction of sp³-hybridized carbons (Fsp3) is 0.381. The van der Waals surface area contributed by atoms with Crippen molar-refractivity contribution < 1.29 is 19.1 Å². The van der Waals surface area contributed by atoms with Crippen LogP contribution in [0.5, 0.6) is 0 Å². The van der Waals surface area contributed by atoms with Crippen LogP contribution in [0.4, 0.5) is 0 Å². The molecule has 3 amide bonds. The molecule has 1 aromatic heterocycles. The number of hydrogen-bond acceptors (Lipinski definition) is 5. The van der Waals surface area contributed by atoms with E-state index in [9.17, 15) is 14.4 Å². The van der Waals surface area contributed by atoms with Crippen molar-refractivity contribution in [1.82, 2.24) is 15.5 Å². The van der Waals surface area contributed by atoms with E-state index in [0.717, 1.165) is 10.4 Å². The zero-order valence-electron chi connectivity index (χ0n) is 16.1. The van der Waals surface area contributed by atoms with E-state index >= 15 is 0 Å². The van der Waals surface area contributed by atoms with E-state index in [1.165, 1.54) is 11.3 Å². The smallest absolute Gasteiger partial charge is 0.309 e. The summed E-state index contributed by atoms with van der Waals surface area (Å²) in [5.41, 5.74) is 1.06. The first-order valence-corrected chi connectivity index (χ1v) is 10.5. The highest BCUT2D eigenvalue weighted by Crippen LogP contribution is 2.22. The molecule has 0 bridgehead atoms. The number of benzene rings is 1. The van der Waals surface area contributed by atoms with Gasteiger partial charge in [-0.1, -0.05) is 36.4 Å². The summed E-state index contributed by atoms with van der Waals surface area (Å²) in [6.45, 7) is 2.22. The SMILES string of the molecule is O=C(NCCCC(=O)N1CCOC(c2ccccc2)C1)C(=O)NCc1cccs1. The Bertz CT molecular complexity index is 811. The minimum Gasteiger partial charge on any atom is -0.370 e. The van der Waals surface area contributed by atoms with Gasteiger partial charge in [-0.15, -0.1) is 11.3 Å². The van der Waals surface area contributed by atoms with Crippen LogP contribution < -0.4 is 10.6 Å². The number of carbonyl (C=O) groups is 3. The van der Waals surface area contributed by atoms with Gasteiger partial charge in [0, 0.05) is 24.4 Å². The van der Waals surface area contributed by atoms with Gasteiger partial charge in [0.15, 0.2) is 0 Å². The largest absolute Gasteiger partial charge is 0.370 e. The number of carbonyl (C=O) groups excluding carboxylic acids is 3. The minimum atomic E-state index is -0.676. The van der Waals surface area contributed by atoms with Crippen LogP contribution in [-0.2, 0) is 25.7 Å². The van der Waals surface area contributed by atoms with Crippen LogP contribution in [0.2, 0.25) is 0 Å². The Hall–Kier alpha value is -2.71. The van der Waals surface area contributed by atoms with Gasteiger partial charge in [-0.05, 0) is 23.4 Å². The molecule has 3 rings (SSSR count). The third-order valence-electron chi connectivity index (χ3n) is 4.65. The first-order chi connectivity index (χ1) is 14.1. The van der Waals surface area contributed by atoms with Crippen molar-refractivity contribution in [2.45, 2.75) is 25.5 Å². The number of nitrogens with zero attached hydrogens (tertiary/aromatic N) is 1. The van der Waals surface area contributed by atoms with E-state index < -0.39 is 11.8 Å². The van der Waals surface area contributed by atoms with Gasteiger partial charge in [0.05, 0.1) is 19.7 Å². The molecule has 1 aromatic carbocycles.